The molecule has 0 saturated carbocycles. The van der Waals surface area contributed by atoms with E-state index < -0.39 is 0 Å². The van der Waals surface area contributed by atoms with Gasteiger partial charge in [-0.05, 0) is 43.4 Å². The van der Waals surface area contributed by atoms with Crippen LogP contribution in [0.5, 0.6) is 5.75 Å². The van der Waals surface area contributed by atoms with Gasteiger partial charge in [-0.3, -0.25) is 9.69 Å². The molecule has 1 N–H and O–H groups in total. The normalized spacial score (nSPS) is 17.0. The van der Waals surface area contributed by atoms with Gasteiger partial charge in [-0.25, -0.2) is 0 Å². The van der Waals surface area contributed by atoms with Crippen molar-refractivity contribution in [3.8, 4) is 5.75 Å². The van der Waals surface area contributed by atoms with E-state index in [-0.39, 0.29) is 11.9 Å². The lowest BCUT2D eigenvalue weighted by atomic mass is 10.1. The molecule has 1 saturated heterocycles. The van der Waals surface area contributed by atoms with Crippen LogP contribution >= 0.6 is 0 Å². The molecule has 140 valence electrons. The largest absolute Gasteiger partial charge is 0.497 e. The second-order valence-electron chi connectivity index (χ2n) is 6.84. The monoisotopic (exact) mass is 356 g/mol. The maximum atomic E-state index is 12.6. The molecule has 0 spiro atoms. The molecule has 26 heavy (non-hydrogen) atoms. The molecule has 1 aromatic carbocycles. The van der Waals surface area contributed by atoms with Crippen molar-refractivity contribution in [3.63, 3.8) is 0 Å². The Labute approximate surface area is 155 Å². The molecule has 0 bridgehead atoms. The van der Waals surface area contributed by atoms with E-state index in [1.165, 1.54) is 5.69 Å². The number of carbonyl (C=O) groups is 1. The first-order valence-corrected chi connectivity index (χ1v) is 9.04. The summed E-state index contributed by atoms with van der Waals surface area (Å²) in [6.45, 7) is 4.70. The number of benzene rings is 1. The number of methoxy groups -OCH3 is 1. The number of piperazine rings is 1. The van der Waals surface area contributed by atoms with Crippen molar-refractivity contribution in [3.05, 3.63) is 53.9 Å². The van der Waals surface area contributed by atoms with E-state index >= 15 is 0 Å². The highest BCUT2D eigenvalue weighted by Gasteiger charge is 2.26. The number of amides is 1. The van der Waals surface area contributed by atoms with Gasteiger partial charge in [0.05, 0.1) is 13.2 Å². The van der Waals surface area contributed by atoms with Crippen LogP contribution in [0.25, 0.3) is 0 Å². The highest BCUT2D eigenvalue weighted by molar-refractivity contribution is 5.94. The molecule has 1 amide bonds. The van der Waals surface area contributed by atoms with Crippen molar-refractivity contribution in [2.45, 2.75) is 6.04 Å². The zero-order chi connectivity index (χ0) is 18.5. The van der Waals surface area contributed by atoms with Crippen LogP contribution in [0, 0.1) is 0 Å². The van der Waals surface area contributed by atoms with E-state index in [2.05, 4.69) is 52.1 Å². The number of ether oxygens (including phenoxy) is 1. The molecule has 0 radical (unpaired) electrons. The van der Waals surface area contributed by atoms with Gasteiger partial charge in [-0.2, -0.15) is 0 Å². The lowest BCUT2D eigenvalue weighted by Gasteiger charge is -2.38. The fourth-order valence-electron chi connectivity index (χ4n) is 3.41. The molecule has 6 heteroatoms. The van der Waals surface area contributed by atoms with E-state index in [9.17, 15) is 4.79 Å². The van der Waals surface area contributed by atoms with Crippen LogP contribution < -0.4 is 10.1 Å². The van der Waals surface area contributed by atoms with Crippen LogP contribution in [-0.4, -0.2) is 67.2 Å². The van der Waals surface area contributed by atoms with Crippen molar-refractivity contribution in [1.29, 1.82) is 0 Å². The van der Waals surface area contributed by atoms with Crippen LogP contribution in [0.3, 0.4) is 0 Å². The molecule has 2 aromatic rings. The number of nitrogens with zero attached hydrogens (tertiary/aromatic N) is 3. The summed E-state index contributed by atoms with van der Waals surface area (Å²) in [4.78, 5) is 17.4. The third-order valence-electron chi connectivity index (χ3n) is 5.11. The molecule has 0 unspecified atom stereocenters. The smallest absolute Gasteiger partial charge is 0.251 e. The molecule has 2 heterocycles. The molecule has 1 fully saturated rings. The summed E-state index contributed by atoms with van der Waals surface area (Å²) < 4.78 is 7.29. The van der Waals surface area contributed by atoms with Crippen LogP contribution in [0.1, 0.15) is 22.1 Å². The van der Waals surface area contributed by atoms with Crippen LogP contribution in [0.4, 0.5) is 0 Å². The van der Waals surface area contributed by atoms with E-state index in [1.807, 2.05) is 12.1 Å². The number of hydrogen-bond donors (Lipinski definition) is 1. The molecular formula is C20H28N4O2. The Morgan fingerprint density at radius 2 is 1.81 bits per heavy atom. The predicted octanol–water partition coefficient (Wildman–Crippen LogP) is 1.75. The number of aryl methyl sites for hydroxylation is 1. The minimum Gasteiger partial charge on any atom is -0.497 e. The summed E-state index contributed by atoms with van der Waals surface area (Å²) in [6, 6.07) is 11.6. The summed E-state index contributed by atoms with van der Waals surface area (Å²) >= 11 is 0. The van der Waals surface area contributed by atoms with Crippen molar-refractivity contribution in [2.75, 3.05) is 46.9 Å². The van der Waals surface area contributed by atoms with Gasteiger partial charge >= 0.3 is 0 Å². The zero-order valence-corrected chi connectivity index (χ0v) is 15.8. The summed E-state index contributed by atoms with van der Waals surface area (Å²) in [6.07, 6.45) is 2.06. The molecule has 3 rings (SSSR count). The topological polar surface area (TPSA) is 49.7 Å². The molecule has 1 aliphatic rings. The molecule has 1 atom stereocenters. The Balaban J connectivity index is 1.69. The Morgan fingerprint density at radius 1 is 1.12 bits per heavy atom. The van der Waals surface area contributed by atoms with E-state index in [4.69, 9.17) is 4.74 Å². The lowest BCUT2D eigenvalue weighted by molar-refractivity contribution is 0.0877. The van der Waals surface area contributed by atoms with Crippen LogP contribution in [-0.2, 0) is 7.05 Å². The SMILES string of the molecule is COc1ccc(C(=O)NC[C@@H](c2cccn2C)N2CCN(C)CC2)cc1. The number of likely N-dealkylation sites (N-methyl/N-ethyl adjacent to an activating group) is 1. The van der Waals surface area contributed by atoms with E-state index in [0.717, 1.165) is 31.9 Å². The maximum absolute atomic E-state index is 12.6. The number of carbonyl (C=O) groups excluding carboxylic acids is 1. The first-order valence-electron chi connectivity index (χ1n) is 9.04. The third-order valence-corrected chi connectivity index (χ3v) is 5.11. The van der Waals surface area contributed by atoms with E-state index in [1.54, 1.807) is 19.2 Å². The lowest BCUT2D eigenvalue weighted by Crippen LogP contribution is -2.48. The quantitative estimate of drug-likeness (QED) is 0.857. The Bertz CT molecular complexity index is 718. The second-order valence-corrected chi connectivity index (χ2v) is 6.84. The molecule has 1 aromatic heterocycles. The van der Waals surface area contributed by atoms with Gasteiger partial charge in [0.25, 0.3) is 5.91 Å². The highest BCUT2D eigenvalue weighted by atomic mass is 16.5. The van der Waals surface area contributed by atoms with Crippen molar-refractivity contribution in [2.24, 2.45) is 7.05 Å². The van der Waals surface area contributed by atoms with Gasteiger partial charge in [-0.15, -0.1) is 0 Å². The van der Waals surface area contributed by atoms with Crippen molar-refractivity contribution in [1.82, 2.24) is 19.7 Å². The maximum Gasteiger partial charge on any atom is 0.251 e. The summed E-state index contributed by atoms with van der Waals surface area (Å²) in [5, 5.41) is 3.11. The number of aromatic nitrogens is 1. The minimum atomic E-state index is -0.0546. The van der Waals surface area contributed by atoms with E-state index in [0.29, 0.717) is 12.1 Å². The molecule has 6 nitrogen and oxygen atoms in total. The summed E-state index contributed by atoms with van der Waals surface area (Å²) in [5.41, 5.74) is 1.87. The fraction of sp³-hybridized carbons (Fsp3) is 0.450. The Morgan fingerprint density at radius 3 is 2.38 bits per heavy atom. The number of rotatable bonds is 6. The Hall–Kier alpha value is -2.31. The molecule has 1 aliphatic heterocycles. The average Bonchev–Trinajstić information content (AvgIpc) is 3.09. The zero-order valence-electron chi connectivity index (χ0n) is 15.8. The standard InChI is InChI=1S/C20H28N4O2/c1-22-11-13-24(14-12-22)19(18-5-4-10-23(18)2)15-21-20(25)16-6-8-17(26-3)9-7-16/h4-10,19H,11-15H2,1-3H3,(H,21,25)/t19-/m0/s1. The first kappa shape index (κ1) is 18.5. The minimum absolute atomic E-state index is 0.0546. The molecule has 0 aliphatic carbocycles. The number of hydrogen-bond acceptors (Lipinski definition) is 4. The van der Waals surface area contributed by atoms with Crippen molar-refractivity contribution < 1.29 is 9.53 Å². The molecular weight excluding hydrogens is 328 g/mol. The van der Waals surface area contributed by atoms with Gasteiger partial charge in [0.15, 0.2) is 0 Å². The summed E-state index contributed by atoms with van der Waals surface area (Å²) in [5.74, 6) is 0.696. The Kier molecular flexibility index (Phi) is 5.96. The van der Waals surface area contributed by atoms with Crippen molar-refractivity contribution >= 4 is 5.91 Å². The second kappa shape index (κ2) is 8.38. The van der Waals surface area contributed by atoms with Gasteiger partial charge in [0.1, 0.15) is 5.75 Å². The highest BCUT2D eigenvalue weighted by Crippen LogP contribution is 2.22. The third kappa shape index (κ3) is 4.26. The fourth-order valence-corrected chi connectivity index (χ4v) is 3.41. The van der Waals surface area contributed by atoms with Crippen LogP contribution in [0.15, 0.2) is 42.6 Å². The average molecular weight is 356 g/mol. The predicted molar refractivity (Wildman–Crippen MR) is 103 cm³/mol. The summed E-state index contributed by atoms with van der Waals surface area (Å²) in [7, 11) is 5.83. The van der Waals surface area contributed by atoms with Gasteiger partial charge in [-0.1, -0.05) is 0 Å². The number of nitrogens with one attached hydrogen (secondary N) is 1. The first-order chi connectivity index (χ1) is 12.6. The van der Waals surface area contributed by atoms with Gasteiger partial charge in [0, 0.05) is 57.2 Å². The van der Waals surface area contributed by atoms with Crippen LogP contribution in [0.2, 0.25) is 0 Å². The van der Waals surface area contributed by atoms with Gasteiger partial charge < -0.3 is 19.5 Å². The van der Waals surface area contributed by atoms with Gasteiger partial charge in [0.2, 0.25) is 0 Å².